The minimum absolute atomic E-state index is 0.623. The van der Waals surface area contributed by atoms with Crippen LogP contribution < -0.4 is 5.32 Å². The van der Waals surface area contributed by atoms with Gasteiger partial charge in [-0.3, -0.25) is 0 Å². The molecule has 0 aromatic carbocycles. The van der Waals surface area contributed by atoms with Crippen molar-refractivity contribution >= 4 is 0 Å². The highest BCUT2D eigenvalue weighted by Crippen LogP contribution is 2.21. The second-order valence-corrected chi connectivity index (χ2v) is 5.63. The van der Waals surface area contributed by atoms with Crippen LogP contribution in [-0.4, -0.2) is 36.6 Å². The fourth-order valence-corrected chi connectivity index (χ4v) is 2.57. The Kier molecular flexibility index (Phi) is 6.37. The van der Waals surface area contributed by atoms with Gasteiger partial charge in [-0.15, -0.1) is 0 Å². The smallest absolute Gasteiger partial charge is 0.00790 e. The van der Waals surface area contributed by atoms with Crippen LogP contribution in [0.25, 0.3) is 0 Å². The maximum atomic E-state index is 3.51. The lowest BCUT2D eigenvalue weighted by Crippen LogP contribution is -2.41. The van der Waals surface area contributed by atoms with Gasteiger partial charge >= 0.3 is 0 Å². The molecule has 1 unspecified atom stereocenters. The summed E-state index contributed by atoms with van der Waals surface area (Å²) < 4.78 is 0. The number of nitrogens with zero attached hydrogens (tertiary/aromatic N) is 1. The highest BCUT2D eigenvalue weighted by Gasteiger charge is 2.21. The van der Waals surface area contributed by atoms with E-state index in [2.05, 4.69) is 37.9 Å². The summed E-state index contributed by atoms with van der Waals surface area (Å²) >= 11 is 0. The molecule has 96 valence electrons. The van der Waals surface area contributed by atoms with E-state index in [1.807, 2.05) is 0 Å². The Balaban J connectivity index is 2.15. The molecule has 0 spiro atoms. The van der Waals surface area contributed by atoms with E-state index in [1.54, 1.807) is 0 Å². The summed E-state index contributed by atoms with van der Waals surface area (Å²) in [5.41, 5.74) is 0. The van der Waals surface area contributed by atoms with Crippen LogP contribution in [0, 0.1) is 5.92 Å². The van der Waals surface area contributed by atoms with Crippen LogP contribution in [0.3, 0.4) is 0 Å². The van der Waals surface area contributed by atoms with Crippen LogP contribution in [0.4, 0.5) is 0 Å². The molecule has 16 heavy (non-hydrogen) atoms. The predicted molar refractivity (Wildman–Crippen MR) is 71.8 cm³/mol. The molecule has 0 bridgehead atoms. The van der Waals surface area contributed by atoms with Crippen LogP contribution >= 0.6 is 0 Å². The molecular weight excluding hydrogens is 196 g/mol. The first-order valence-corrected chi connectivity index (χ1v) is 7.11. The fraction of sp³-hybridized carbons (Fsp3) is 1.00. The van der Waals surface area contributed by atoms with Crippen LogP contribution in [-0.2, 0) is 0 Å². The summed E-state index contributed by atoms with van der Waals surface area (Å²) in [5.74, 6) is 0.997. The van der Waals surface area contributed by atoms with E-state index >= 15 is 0 Å². The van der Waals surface area contributed by atoms with Gasteiger partial charge in [0.05, 0.1) is 0 Å². The molecule has 1 heterocycles. The lowest BCUT2D eigenvalue weighted by atomic mass is 9.93. The SMILES string of the molecule is CCC1CCN(C(C)CCNC(C)C)CC1. The average molecular weight is 226 g/mol. The van der Waals surface area contributed by atoms with Crippen molar-refractivity contribution in [3.8, 4) is 0 Å². The highest BCUT2D eigenvalue weighted by molar-refractivity contribution is 4.76. The van der Waals surface area contributed by atoms with E-state index in [4.69, 9.17) is 0 Å². The van der Waals surface area contributed by atoms with Crippen molar-refractivity contribution in [2.45, 2.75) is 65.5 Å². The van der Waals surface area contributed by atoms with Gasteiger partial charge in [0.15, 0.2) is 0 Å². The number of nitrogens with one attached hydrogen (secondary N) is 1. The molecular formula is C14H30N2. The summed E-state index contributed by atoms with van der Waals surface area (Å²) in [5, 5.41) is 3.51. The van der Waals surface area contributed by atoms with Crippen molar-refractivity contribution in [3.63, 3.8) is 0 Å². The monoisotopic (exact) mass is 226 g/mol. The van der Waals surface area contributed by atoms with Crippen molar-refractivity contribution in [2.24, 2.45) is 5.92 Å². The van der Waals surface area contributed by atoms with Gasteiger partial charge in [0, 0.05) is 12.1 Å². The van der Waals surface area contributed by atoms with Gasteiger partial charge in [-0.05, 0) is 51.7 Å². The van der Waals surface area contributed by atoms with Crippen LogP contribution in [0.1, 0.15) is 53.4 Å². The number of rotatable bonds is 6. The van der Waals surface area contributed by atoms with Gasteiger partial charge in [0.1, 0.15) is 0 Å². The topological polar surface area (TPSA) is 15.3 Å². The zero-order chi connectivity index (χ0) is 12.0. The Bertz CT molecular complexity index is 172. The molecule has 1 rings (SSSR count). The van der Waals surface area contributed by atoms with Crippen molar-refractivity contribution in [1.29, 1.82) is 0 Å². The normalized spacial score (nSPS) is 21.6. The Labute approximate surface area is 102 Å². The number of hydrogen-bond acceptors (Lipinski definition) is 2. The molecule has 1 N–H and O–H groups in total. The van der Waals surface area contributed by atoms with Crippen molar-refractivity contribution < 1.29 is 0 Å². The molecule has 2 heteroatoms. The van der Waals surface area contributed by atoms with Crippen LogP contribution in [0.15, 0.2) is 0 Å². The van der Waals surface area contributed by atoms with E-state index in [1.165, 1.54) is 38.8 Å². The summed E-state index contributed by atoms with van der Waals surface area (Å²) in [4.78, 5) is 2.67. The van der Waals surface area contributed by atoms with Crippen molar-refractivity contribution in [2.75, 3.05) is 19.6 Å². The van der Waals surface area contributed by atoms with Crippen molar-refractivity contribution in [1.82, 2.24) is 10.2 Å². The highest BCUT2D eigenvalue weighted by atomic mass is 15.2. The third-order valence-corrected chi connectivity index (χ3v) is 3.96. The summed E-state index contributed by atoms with van der Waals surface area (Å²) in [7, 11) is 0. The van der Waals surface area contributed by atoms with Crippen LogP contribution in [0.5, 0.6) is 0 Å². The molecule has 0 aromatic rings. The zero-order valence-electron chi connectivity index (χ0n) is 11.6. The quantitative estimate of drug-likeness (QED) is 0.749. The third kappa shape index (κ3) is 4.84. The van der Waals surface area contributed by atoms with E-state index < -0.39 is 0 Å². The number of hydrogen-bond donors (Lipinski definition) is 1. The lowest BCUT2D eigenvalue weighted by molar-refractivity contribution is 0.133. The van der Waals surface area contributed by atoms with Gasteiger partial charge in [-0.1, -0.05) is 27.2 Å². The molecule has 1 aliphatic rings. The summed E-state index contributed by atoms with van der Waals surface area (Å²) in [6, 6.07) is 1.38. The van der Waals surface area contributed by atoms with Gasteiger partial charge < -0.3 is 10.2 Å². The molecule has 1 fully saturated rings. The maximum absolute atomic E-state index is 3.51. The van der Waals surface area contributed by atoms with Gasteiger partial charge in [-0.25, -0.2) is 0 Å². The van der Waals surface area contributed by atoms with E-state index in [9.17, 15) is 0 Å². The molecule has 0 radical (unpaired) electrons. The van der Waals surface area contributed by atoms with Gasteiger partial charge in [0.2, 0.25) is 0 Å². The Morgan fingerprint density at radius 1 is 1.19 bits per heavy atom. The van der Waals surface area contributed by atoms with E-state index in [0.29, 0.717) is 6.04 Å². The molecule has 0 aromatic heterocycles. The zero-order valence-corrected chi connectivity index (χ0v) is 11.6. The van der Waals surface area contributed by atoms with E-state index in [-0.39, 0.29) is 0 Å². The Hall–Kier alpha value is -0.0800. The Morgan fingerprint density at radius 3 is 2.31 bits per heavy atom. The molecule has 0 amide bonds. The summed E-state index contributed by atoms with van der Waals surface area (Å²) in [6.45, 7) is 13.0. The first-order valence-electron chi connectivity index (χ1n) is 7.11. The number of piperidine rings is 1. The third-order valence-electron chi connectivity index (χ3n) is 3.96. The summed E-state index contributed by atoms with van der Waals surface area (Å²) in [6.07, 6.45) is 5.49. The lowest BCUT2D eigenvalue weighted by Gasteiger charge is -2.36. The molecule has 2 nitrogen and oxygen atoms in total. The molecule has 1 atom stereocenters. The Morgan fingerprint density at radius 2 is 1.81 bits per heavy atom. The standard InChI is InChI=1S/C14H30N2/c1-5-14-7-10-16(11-8-14)13(4)6-9-15-12(2)3/h12-15H,5-11H2,1-4H3. The molecule has 0 saturated carbocycles. The molecule has 1 saturated heterocycles. The van der Waals surface area contributed by atoms with Gasteiger partial charge in [0.25, 0.3) is 0 Å². The van der Waals surface area contributed by atoms with Crippen LogP contribution in [0.2, 0.25) is 0 Å². The molecule has 1 aliphatic heterocycles. The first-order chi connectivity index (χ1) is 7.63. The average Bonchev–Trinajstić information content (AvgIpc) is 2.28. The minimum atomic E-state index is 0.623. The number of likely N-dealkylation sites (tertiary alicyclic amines) is 1. The van der Waals surface area contributed by atoms with E-state index in [0.717, 1.165) is 18.5 Å². The van der Waals surface area contributed by atoms with Gasteiger partial charge in [-0.2, -0.15) is 0 Å². The van der Waals surface area contributed by atoms with Crippen molar-refractivity contribution in [3.05, 3.63) is 0 Å². The second-order valence-electron chi connectivity index (χ2n) is 5.63. The minimum Gasteiger partial charge on any atom is -0.314 e. The maximum Gasteiger partial charge on any atom is 0.00790 e. The first kappa shape index (κ1) is 14.0. The largest absolute Gasteiger partial charge is 0.314 e. The predicted octanol–water partition coefficient (Wildman–Crippen LogP) is 2.89. The second kappa shape index (κ2) is 7.29. The fourth-order valence-electron chi connectivity index (χ4n) is 2.57. The molecule has 0 aliphatic carbocycles.